The Balaban J connectivity index is 1.62. The summed E-state index contributed by atoms with van der Waals surface area (Å²) in [6, 6.07) is 5.90. The zero-order valence-corrected chi connectivity index (χ0v) is 17.1. The zero-order valence-electron chi connectivity index (χ0n) is 16.3. The first-order valence-corrected chi connectivity index (χ1v) is 10.7. The SMILES string of the molecule is Cn1cc2c(c1C(=O)Nc1ccc(F)c(F)c1)OCC(Cc1cccnc1)NS2(=O)=O. The zero-order chi connectivity index (χ0) is 22.2. The Bertz CT molecular complexity index is 1250. The van der Waals surface area contributed by atoms with Gasteiger partial charge in [0, 0.05) is 37.4 Å². The van der Waals surface area contributed by atoms with Gasteiger partial charge in [-0.15, -0.1) is 0 Å². The molecule has 1 aliphatic heterocycles. The van der Waals surface area contributed by atoms with E-state index in [0.29, 0.717) is 6.42 Å². The molecule has 1 unspecified atom stereocenters. The second-order valence-electron chi connectivity index (χ2n) is 7.06. The Morgan fingerprint density at radius 1 is 1.32 bits per heavy atom. The van der Waals surface area contributed by atoms with Gasteiger partial charge in [0.15, 0.2) is 23.1 Å². The van der Waals surface area contributed by atoms with Crippen molar-refractivity contribution in [1.29, 1.82) is 0 Å². The lowest BCUT2D eigenvalue weighted by Gasteiger charge is -2.15. The predicted octanol–water partition coefficient (Wildman–Crippen LogP) is 2.23. The molecular weight excluding hydrogens is 430 g/mol. The van der Waals surface area contributed by atoms with Crippen molar-refractivity contribution in [3.05, 3.63) is 71.8 Å². The molecule has 1 amide bonds. The van der Waals surface area contributed by atoms with Crippen molar-refractivity contribution in [3.63, 3.8) is 0 Å². The van der Waals surface area contributed by atoms with E-state index in [1.54, 1.807) is 18.5 Å². The van der Waals surface area contributed by atoms with Crippen LogP contribution in [0.1, 0.15) is 16.1 Å². The quantitative estimate of drug-likeness (QED) is 0.637. The standard InChI is InChI=1S/C20H18F2N4O4S/c1-26-10-17-19(18(26)20(27)24-13-4-5-15(21)16(22)8-13)30-11-14(25-31(17,28)29)7-12-3-2-6-23-9-12/h2-6,8-10,14,25H,7,11H2,1H3,(H,24,27). The van der Waals surface area contributed by atoms with Gasteiger partial charge >= 0.3 is 0 Å². The highest BCUT2D eigenvalue weighted by Crippen LogP contribution is 2.33. The van der Waals surface area contributed by atoms with Crippen LogP contribution in [-0.2, 0) is 23.5 Å². The highest BCUT2D eigenvalue weighted by atomic mass is 32.2. The van der Waals surface area contributed by atoms with Crippen molar-refractivity contribution in [2.24, 2.45) is 7.05 Å². The van der Waals surface area contributed by atoms with E-state index in [4.69, 9.17) is 4.74 Å². The van der Waals surface area contributed by atoms with Crippen LogP contribution < -0.4 is 14.8 Å². The summed E-state index contributed by atoms with van der Waals surface area (Å²) in [7, 11) is -2.49. The molecular formula is C20H18F2N4O4S. The van der Waals surface area contributed by atoms with Gasteiger partial charge in [0.2, 0.25) is 10.0 Å². The molecule has 0 bridgehead atoms. The third-order valence-corrected chi connectivity index (χ3v) is 6.25. The summed E-state index contributed by atoms with van der Waals surface area (Å²) in [5.74, 6) is -3.00. The summed E-state index contributed by atoms with van der Waals surface area (Å²) in [4.78, 5) is 16.6. The lowest BCUT2D eigenvalue weighted by atomic mass is 10.1. The molecule has 0 aliphatic carbocycles. The molecule has 2 N–H and O–H groups in total. The number of aromatic nitrogens is 2. The molecule has 0 saturated carbocycles. The number of rotatable bonds is 4. The minimum absolute atomic E-state index is 0.0166. The number of benzene rings is 1. The summed E-state index contributed by atoms with van der Waals surface area (Å²) < 4.78 is 62.0. The monoisotopic (exact) mass is 448 g/mol. The van der Waals surface area contributed by atoms with Gasteiger partial charge in [-0.3, -0.25) is 9.78 Å². The van der Waals surface area contributed by atoms with Crippen LogP contribution in [-0.4, -0.2) is 36.5 Å². The number of amides is 1. The van der Waals surface area contributed by atoms with Crippen LogP contribution in [0.3, 0.4) is 0 Å². The fourth-order valence-corrected chi connectivity index (χ4v) is 4.75. The molecule has 3 aromatic rings. The largest absolute Gasteiger partial charge is 0.488 e. The van der Waals surface area contributed by atoms with E-state index in [1.165, 1.54) is 23.9 Å². The Labute approximate surface area is 176 Å². The topological polar surface area (TPSA) is 102 Å². The number of aryl methyl sites for hydroxylation is 1. The molecule has 0 saturated heterocycles. The number of carbonyl (C=O) groups is 1. The maximum Gasteiger partial charge on any atom is 0.276 e. The van der Waals surface area contributed by atoms with Crippen LogP contribution >= 0.6 is 0 Å². The number of pyridine rings is 1. The molecule has 1 aromatic carbocycles. The van der Waals surface area contributed by atoms with Gasteiger partial charge in [0.05, 0.1) is 6.04 Å². The van der Waals surface area contributed by atoms with Crippen molar-refractivity contribution in [2.45, 2.75) is 17.4 Å². The number of hydrogen-bond acceptors (Lipinski definition) is 5. The van der Waals surface area contributed by atoms with E-state index < -0.39 is 33.6 Å². The molecule has 1 aliphatic rings. The summed E-state index contributed by atoms with van der Waals surface area (Å²) in [6.45, 7) is -0.0173. The molecule has 11 heteroatoms. The van der Waals surface area contributed by atoms with Crippen molar-refractivity contribution in [2.75, 3.05) is 11.9 Å². The normalized spacial score (nSPS) is 17.3. The summed E-state index contributed by atoms with van der Waals surface area (Å²) in [5, 5.41) is 2.43. The van der Waals surface area contributed by atoms with E-state index in [1.807, 2.05) is 6.07 Å². The molecule has 0 radical (unpaired) electrons. The number of hydrogen-bond donors (Lipinski definition) is 2. The van der Waals surface area contributed by atoms with Crippen LogP contribution in [0, 0.1) is 11.6 Å². The highest BCUT2D eigenvalue weighted by Gasteiger charge is 2.34. The summed E-state index contributed by atoms with van der Waals surface area (Å²) in [5.41, 5.74) is 0.775. The van der Waals surface area contributed by atoms with Gasteiger partial charge in [0.1, 0.15) is 11.5 Å². The van der Waals surface area contributed by atoms with Crippen molar-refractivity contribution in [3.8, 4) is 5.75 Å². The number of sulfonamides is 1. The van der Waals surface area contributed by atoms with Gasteiger partial charge in [-0.25, -0.2) is 21.9 Å². The third-order valence-electron chi connectivity index (χ3n) is 4.74. The van der Waals surface area contributed by atoms with E-state index in [2.05, 4.69) is 15.0 Å². The molecule has 31 heavy (non-hydrogen) atoms. The molecule has 3 heterocycles. The van der Waals surface area contributed by atoms with E-state index in [0.717, 1.165) is 17.7 Å². The summed E-state index contributed by atoms with van der Waals surface area (Å²) in [6.07, 6.45) is 4.86. The smallest absolute Gasteiger partial charge is 0.276 e. The van der Waals surface area contributed by atoms with Gasteiger partial charge < -0.3 is 14.6 Å². The van der Waals surface area contributed by atoms with Gasteiger partial charge in [-0.05, 0) is 30.2 Å². The molecule has 0 spiro atoms. The van der Waals surface area contributed by atoms with E-state index in [9.17, 15) is 22.0 Å². The lowest BCUT2D eigenvalue weighted by Crippen LogP contribution is -2.38. The maximum atomic E-state index is 13.5. The summed E-state index contributed by atoms with van der Waals surface area (Å²) >= 11 is 0. The molecule has 162 valence electrons. The number of nitrogens with one attached hydrogen (secondary N) is 2. The first-order chi connectivity index (χ1) is 14.7. The fraction of sp³-hybridized carbons (Fsp3) is 0.200. The number of ether oxygens (including phenoxy) is 1. The third kappa shape index (κ3) is 4.28. The highest BCUT2D eigenvalue weighted by molar-refractivity contribution is 7.89. The van der Waals surface area contributed by atoms with Crippen LogP contribution in [0.25, 0.3) is 0 Å². The fourth-order valence-electron chi connectivity index (χ4n) is 3.34. The number of halogens is 2. The number of fused-ring (bicyclic) bond motifs is 1. The minimum Gasteiger partial charge on any atom is -0.488 e. The molecule has 4 rings (SSSR count). The first-order valence-electron chi connectivity index (χ1n) is 9.24. The van der Waals surface area contributed by atoms with Gasteiger partial charge in [-0.1, -0.05) is 6.07 Å². The van der Waals surface area contributed by atoms with E-state index in [-0.39, 0.29) is 28.6 Å². The van der Waals surface area contributed by atoms with Crippen molar-refractivity contribution in [1.82, 2.24) is 14.3 Å². The number of carbonyl (C=O) groups excluding carboxylic acids is 1. The number of anilines is 1. The Morgan fingerprint density at radius 3 is 2.84 bits per heavy atom. The van der Waals surface area contributed by atoms with Crippen LogP contribution in [0.5, 0.6) is 5.75 Å². The molecule has 1 atom stereocenters. The second-order valence-corrected chi connectivity index (χ2v) is 8.74. The molecule has 2 aromatic heterocycles. The molecule has 0 fully saturated rings. The average molecular weight is 448 g/mol. The van der Waals surface area contributed by atoms with Crippen molar-refractivity contribution < 1.29 is 26.7 Å². The van der Waals surface area contributed by atoms with Crippen LogP contribution in [0.4, 0.5) is 14.5 Å². The Morgan fingerprint density at radius 2 is 2.13 bits per heavy atom. The lowest BCUT2D eigenvalue weighted by molar-refractivity contribution is 0.101. The van der Waals surface area contributed by atoms with E-state index >= 15 is 0 Å². The minimum atomic E-state index is -3.97. The van der Waals surface area contributed by atoms with Gasteiger partial charge in [-0.2, -0.15) is 0 Å². The van der Waals surface area contributed by atoms with Crippen LogP contribution in [0.2, 0.25) is 0 Å². The van der Waals surface area contributed by atoms with Gasteiger partial charge in [0.25, 0.3) is 5.91 Å². The predicted molar refractivity (Wildman–Crippen MR) is 107 cm³/mol. The number of nitrogens with zero attached hydrogens (tertiary/aromatic N) is 2. The second kappa shape index (κ2) is 8.08. The Hall–Kier alpha value is -3.31. The van der Waals surface area contributed by atoms with Crippen LogP contribution in [0.15, 0.2) is 53.8 Å². The molecule has 8 nitrogen and oxygen atoms in total. The average Bonchev–Trinajstić information content (AvgIpc) is 3.01. The first kappa shape index (κ1) is 20.9. The van der Waals surface area contributed by atoms with Crippen molar-refractivity contribution >= 4 is 21.6 Å². The maximum absolute atomic E-state index is 13.5. The Kier molecular flexibility index (Phi) is 5.46.